The molecule has 0 unspecified atom stereocenters. The van der Waals surface area contributed by atoms with E-state index in [9.17, 15) is 4.79 Å². The summed E-state index contributed by atoms with van der Waals surface area (Å²) in [5, 5.41) is 1.06. The molecule has 1 aliphatic carbocycles. The van der Waals surface area contributed by atoms with Crippen molar-refractivity contribution in [2.45, 2.75) is 51.6 Å². The summed E-state index contributed by atoms with van der Waals surface area (Å²) in [6, 6.07) is 6.34. The number of rotatable bonds is 4. The minimum Gasteiger partial charge on any atom is -0.478 e. The highest BCUT2D eigenvalue weighted by molar-refractivity contribution is 5.85. The second kappa shape index (κ2) is 5.43. The van der Waals surface area contributed by atoms with E-state index >= 15 is 0 Å². The number of aryl methyl sites for hydroxylation is 1. The largest absolute Gasteiger partial charge is 0.478 e. The molecular formula is C18H21NO3. The van der Waals surface area contributed by atoms with E-state index in [1.165, 1.54) is 12.8 Å². The zero-order valence-electron chi connectivity index (χ0n) is 12.9. The first-order valence-corrected chi connectivity index (χ1v) is 8.21. The number of fused-ring (bicyclic) bond motifs is 3. The second-order valence-corrected chi connectivity index (χ2v) is 6.36. The van der Waals surface area contributed by atoms with Crippen LogP contribution in [0, 0.1) is 0 Å². The van der Waals surface area contributed by atoms with E-state index in [1.54, 1.807) is 6.07 Å². The third kappa shape index (κ3) is 2.41. The van der Waals surface area contributed by atoms with Crippen LogP contribution in [-0.4, -0.2) is 17.7 Å². The third-order valence-corrected chi connectivity index (χ3v) is 4.67. The average Bonchev–Trinajstić information content (AvgIpc) is 3.36. The van der Waals surface area contributed by atoms with Crippen LogP contribution in [0.3, 0.4) is 0 Å². The fourth-order valence-electron chi connectivity index (χ4n) is 3.26. The molecule has 1 saturated carbocycles. The van der Waals surface area contributed by atoms with E-state index in [2.05, 4.69) is 11.8 Å². The van der Waals surface area contributed by atoms with E-state index in [0.717, 1.165) is 53.7 Å². The van der Waals surface area contributed by atoms with Gasteiger partial charge >= 0.3 is 5.63 Å². The first-order valence-electron chi connectivity index (χ1n) is 8.21. The van der Waals surface area contributed by atoms with Gasteiger partial charge in [-0.25, -0.2) is 4.79 Å². The highest BCUT2D eigenvalue weighted by Gasteiger charge is 2.33. The van der Waals surface area contributed by atoms with Gasteiger partial charge in [-0.3, -0.25) is 4.90 Å². The lowest BCUT2D eigenvalue weighted by atomic mass is 10.0. The van der Waals surface area contributed by atoms with Crippen molar-refractivity contribution in [3.8, 4) is 5.75 Å². The SMILES string of the molecule is CCCCc1cc(=O)oc2c3c(ccc12)OCN(C1CC1)C3. The zero-order chi connectivity index (χ0) is 15.1. The van der Waals surface area contributed by atoms with Crippen LogP contribution >= 0.6 is 0 Å². The minimum atomic E-state index is -0.254. The maximum atomic E-state index is 12.0. The van der Waals surface area contributed by atoms with Gasteiger partial charge in [0.15, 0.2) is 0 Å². The number of unbranched alkanes of at least 4 members (excludes halogenated alkanes) is 1. The van der Waals surface area contributed by atoms with Crippen molar-refractivity contribution in [1.29, 1.82) is 0 Å². The topological polar surface area (TPSA) is 42.7 Å². The van der Waals surface area contributed by atoms with Crippen LogP contribution in [0.5, 0.6) is 5.75 Å². The van der Waals surface area contributed by atoms with Crippen LogP contribution in [0.4, 0.5) is 0 Å². The van der Waals surface area contributed by atoms with Crippen molar-refractivity contribution in [1.82, 2.24) is 4.90 Å². The summed E-state index contributed by atoms with van der Waals surface area (Å²) in [7, 11) is 0. The smallest absolute Gasteiger partial charge is 0.336 e. The summed E-state index contributed by atoms with van der Waals surface area (Å²) in [6.07, 6.45) is 5.61. The van der Waals surface area contributed by atoms with Crippen molar-refractivity contribution in [3.05, 3.63) is 39.7 Å². The van der Waals surface area contributed by atoms with Crippen LogP contribution in [0.2, 0.25) is 0 Å². The van der Waals surface area contributed by atoms with Crippen molar-refractivity contribution >= 4 is 11.0 Å². The standard InChI is InChI=1S/C18H21NO3/c1-2-3-4-12-9-17(20)22-18-14(12)7-8-16-15(18)10-19(11-21-16)13-5-6-13/h7-9,13H,2-6,10-11H2,1H3. The number of benzene rings is 1. The molecular weight excluding hydrogens is 278 g/mol. The normalized spacial score (nSPS) is 18.2. The van der Waals surface area contributed by atoms with Gasteiger partial charge in [0.25, 0.3) is 0 Å². The molecule has 116 valence electrons. The fraction of sp³-hybridized carbons (Fsp3) is 0.500. The van der Waals surface area contributed by atoms with Crippen LogP contribution in [0.1, 0.15) is 43.7 Å². The maximum Gasteiger partial charge on any atom is 0.336 e. The van der Waals surface area contributed by atoms with Crippen molar-refractivity contribution in [2.75, 3.05) is 6.73 Å². The Morgan fingerprint density at radius 1 is 1.32 bits per heavy atom. The van der Waals surface area contributed by atoms with E-state index in [-0.39, 0.29) is 5.63 Å². The molecule has 1 aromatic carbocycles. The molecule has 0 bridgehead atoms. The maximum absolute atomic E-state index is 12.0. The predicted octanol–water partition coefficient (Wildman–Crippen LogP) is 3.45. The predicted molar refractivity (Wildman–Crippen MR) is 85.2 cm³/mol. The van der Waals surface area contributed by atoms with Gasteiger partial charge in [0.2, 0.25) is 0 Å². The molecule has 0 spiro atoms. The number of hydrogen-bond donors (Lipinski definition) is 0. The van der Waals surface area contributed by atoms with Crippen LogP contribution < -0.4 is 10.4 Å². The summed E-state index contributed by atoms with van der Waals surface area (Å²) in [4.78, 5) is 14.3. The average molecular weight is 299 g/mol. The Balaban J connectivity index is 1.82. The monoisotopic (exact) mass is 299 g/mol. The molecule has 0 radical (unpaired) electrons. The summed E-state index contributed by atoms with van der Waals surface area (Å²) < 4.78 is 11.4. The summed E-state index contributed by atoms with van der Waals surface area (Å²) >= 11 is 0. The first-order chi connectivity index (χ1) is 10.8. The molecule has 4 nitrogen and oxygen atoms in total. The number of ether oxygens (including phenoxy) is 1. The molecule has 2 heterocycles. The van der Waals surface area contributed by atoms with Gasteiger partial charge in [-0.05, 0) is 43.4 Å². The van der Waals surface area contributed by atoms with Gasteiger partial charge in [0, 0.05) is 24.0 Å². The first kappa shape index (κ1) is 13.8. The quantitative estimate of drug-likeness (QED) is 0.811. The summed E-state index contributed by atoms with van der Waals surface area (Å²) in [6.45, 7) is 3.62. The molecule has 2 aromatic rings. The van der Waals surface area contributed by atoms with E-state index in [0.29, 0.717) is 12.8 Å². The van der Waals surface area contributed by atoms with Gasteiger partial charge < -0.3 is 9.15 Å². The Morgan fingerprint density at radius 3 is 2.95 bits per heavy atom. The molecule has 0 atom stereocenters. The molecule has 0 N–H and O–H groups in total. The van der Waals surface area contributed by atoms with Gasteiger partial charge in [0.05, 0.1) is 5.56 Å². The van der Waals surface area contributed by atoms with Crippen molar-refractivity contribution in [2.24, 2.45) is 0 Å². The van der Waals surface area contributed by atoms with Gasteiger partial charge in [0.1, 0.15) is 18.1 Å². The molecule has 1 aliphatic heterocycles. The van der Waals surface area contributed by atoms with E-state index in [1.807, 2.05) is 12.1 Å². The number of nitrogens with zero attached hydrogens (tertiary/aromatic N) is 1. The lowest BCUT2D eigenvalue weighted by Crippen LogP contribution is -2.33. The van der Waals surface area contributed by atoms with E-state index < -0.39 is 0 Å². The molecule has 1 aromatic heterocycles. The Kier molecular flexibility index (Phi) is 3.41. The van der Waals surface area contributed by atoms with Crippen LogP contribution in [0.25, 0.3) is 11.0 Å². The number of hydrogen-bond acceptors (Lipinski definition) is 4. The summed E-state index contributed by atoms with van der Waals surface area (Å²) in [5.41, 5.74) is 2.60. The molecule has 0 saturated heterocycles. The van der Waals surface area contributed by atoms with Gasteiger partial charge in [-0.1, -0.05) is 13.3 Å². The fourth-order valence-corrected chi connectivity index (χ4v) is 3.26. The third-order valence-electron chi connectivity index (χ3n) is 4.67. The van der Waals surface area contributed by atoms with Gasteiger partial charge in [-0.15, -0.1) is 0 Å². The second-order valence-electron chi connectivity index (χ2n) is 6.36. The van der Waals surface area contributed by atoms with Crippen molar-refractivity contribution in [3.63, 3.8) is 0 Å². The lowest BCUT2D eigenvalue weighted by molar-refractivity contribution is 0.0885. The van der Waals surface area contributed by atoms with Crippen LogP contribution in [-0.2, 0) is 13.0 Å². The van der Waals surface area contributed by atoms with Crippen molar-refractivity contribution < 1.29 is 9.15 Å². The molecule has 2 aliphatic rings. The molecule has 1 fully saturated rings. The Morgan fingerprint density at radius 2 is 2.18 bits per heavy atom. The van der Waals surface area contributed by atoms with E-state index in [4.69, 9.17) is 9.15 Å². The zero-order valence-corrected chi connectivity index (χ0v) is 12.9. The minimum absolute atomic E-state index is 0.254. The van der Waals surface area contributed by atoms with Crippen LogP contribution in [0.15, 0.2) is 27.4 Å². The lowest BCUT2D eigenvalue weighted by Gasteiger charge is -2.29. The molecule has 0 amide bonds. The Bertz CT molecular complexity index is 761. The molecule has 22 heavy (non-hydrogen) atoms. The highest BCUT2D eigenvalue weighted by Crippen LogP contribution is 2.37. The van der Waals surface area contributed by atoms with Gasteiger partial charge in [-0.2, -0.15) is 0 Å². The molecule has 4 heteroatoms. The summed E-state index contributed by atoms with van der Waals surface area (Å²) in [5.74, 6) is 0.861. The Hall–Kier alpha value is -1.81. The Labute approximate surface area is 129 Å². The molecule has 4 rings (SSSR count). The highest BCUT2D eigenvalue weighted by atomic mass is 16.5.